The molecule has 3 heterocycles. The van der Waals surface area contributed by atoms with Crippen LogP contribution in [0.3, 0.4) is 0 Å². The van der Waals surface area contributed by atoms with E-state index in [4.69, 9.17) is 0 Å². The van der Waals surface area contributed by atoms with Gasteiger partial charge in [-0.3, -0.25) is 14.5 Å². The predicted octanol–water partition coefficient (Wildman–Crippen LogP) is 3.63. The second-order valence-electron chi connectivity index (χ2n) is 10.0. The van der Waals surface area contributed by atoms with Crippen molar-refractivity contribution >= 4 is 11.5 Å². The number of carbonyl (C=O) groups is 1. The Hall–Kier alpha value is -2.77. The number of nitrogens with zero attached hydrogens (tertiary/aromatic N) is 2. The van der Waals surface area contributed by atoms with E-state index in [0.29, 0.717) is 18.7 Å². The second kappa shape index (κ2) is 10.1. The van der Waals surface area contributed by atoms with Crippen LogP contribution in [0.1, 0.15) is 61.9 Å². The maximum absolute atomic E-state index is 14.7. The molecule has 1 aromatic heterocycles. The number of aromatic nitrogens is 1. The smallest absolute Gasteiger partial charge is 0.258 e. The van der Waals surface area contributed by atoms with Gasteiger partial charge in [0.05, 0.1) is 12.1 Å². The van der Waals surface area contributed by atoms with Crippen LogP contribution >= 0.6 is 0 Å². The molecule has 1 aromatic carbocycles. The van der Waals surface area contributed by atoms with Crippen LogP contribution in [0.15, 0.2) is 47.3 Å². The standard InChI is InChI=1S/C28H34FN3O3/c1-2-14-30-27(34)26-22(17-33)21-16-31-24(13-12-20(28(31)35)18-8-4-3-5-9-18)25(21)32(26)15-19-10-6-7-11-23(19)29/h6-8,10-13,21-22,25-26,33H,2-5,9,14-17H2,1H3,(H,30,34)/t21-,22-,25+,26-/m0/s1. The number of halogens is 1. The zero-order valence-electron chi connectivity index (χ0n) is 20.3. The third-order valence-corrected chi connectivity index (χ3v) is 7.96. The summed E-state index contributed by atoms with van der Waals surface area (Å²) >= 11 is 0. The molecule has 1 fully saturated rings. The quantitative estimate of drug-likeness (QED) is 0.636. The van der Waals surface area contributed by atoms with Gasteiger partial charge in [0.25, 0.3) is 5.56 Å². The lowest BCUT2D eigenvalue weighted by Gasteiger charge is -2.31. The zero-order valence-corrected chi connectivity index (χ0v) is 20.3. The van der Waals surface area contributed by atoms with Crippen LogP contribution in [0.4, 0.5) is 4.39 Å². The number of likely N-dealkylation sites (tertiary alicyclic amines) is 1. The summed E-state index contributed by atoms with van der Waals surface area (Å²) in [7, 11) is 0. The van der Waals surface area contributed by atoms with Crippen molar-refractivity contribution in [3.8, 4) is 0 Å². The molecule has 2 aliphatic heterocycles. The second-order valence-corrected chi connectivity index (χ2v) is 10.0. The minimum Gasteiger partial charge on any atom is -0.396 e. The van der Waals surface area contributed by atoms with Crippen LogP contribution in [0, 0.1) is 17.7 Å². The Labute approximate surface area is 205 Å². The number of pyridine rings is 1. The summed E-state index contributed by atoms with van der Waals surface area (Å²) in [5.41, 5.74) is 3.22. The van der Waals surface area contributed by atoms with Gasteiger partial charge in [-0.25, -0.2) is 4.39 Å². The molecule has 5 rings (SSSR count). The fourth-order valence-electron chi connectivity index (χ4n) is 6.29. The first-order valence-corrected chi connectivity index (χ1v) is 12.9. The van der Waals surface area contributed by atoms with Crippen molar-refractivity contribution < 1.29 is 14.3 Å². The summed E-state index contributed by atoms with van der Waals surface area (Å²) in [4.78, 5) is 28.9. The summed E-state index contributed by atoms with van der Waals surface area (Å²) in [5.74, 6) is -0.915. The third-order valence-electron chi connectivity index (χ3n) is 7.96. The molecule has 1 aliphatic carbocycles. The minimum atomic E-state index is -0.592. The van der Waals surface area contributed by atoms with Crippen LogP contribution in [-0.4, -0.2) is 39.7 Å². The minimum absolute atomic E-state index is 0.000402. The maximum atomic E-state index is 14.7. The normalized spacial score (nSPS) is 25.7. The SMILES string of the molecule is CCCNC(=O)[C@@H]1[C@@H](CO)[C@@H]2Cn3c(ccc(C4=CCCCC4)c3=O)[C@@H]2N1Cc1ccccc1F. The van der Waals surface area contributed by atoms with E-state index in [9.17, 15) is 19.1 Å². The van der Waals surface area contributed by atoms with Gasteiger partial charge in [0.2, 0.25) is 5.91 Å². The number of fused-ring (bicyclic) bond motifs is 3. The topological polar surface area (TPSA) is 74.6 Å². The van der Waals surface area contributed by atoms with E-state index in [1.165, 1.54) is 6.07 Å². The van der Waals surface area contributed by atoms with Crippen LogP contribution < -0.4 is 10.9 Å². The number of carbonyl (C=O) groups excluding carboxylic acids is 1. The Balaban J connectivity index is 1.56. The van der Waals surface area contributed by atoms with Crippen molar-refractivity contribution in [2.75, 3.05) is 13.2 Å². The average Bonchev–Trinajstić information content (AvgIpc) is 3.40. The van der Waals surface area contributed by atoms with E-state index in [0.717, 1.165) is 48.9 Å². The van der Waals surface area contributed by atoms with Gasteiger partial charge in [-0.05, 0) is 55.9 Å². The van der Waals surface area contributed by atoms with Crippen molar-refractivity contribution in [3.05, 3.63) is 75.5 Å². The fraction of sp³-hybridized carbons (Fsp3) is 0.500. The third kappa shape index (κ3) is 4.25. The van der Waals surface area contributed by atoms with E-state index >= 15 is 0 Å². The van der Waals surface area contributed by atoms with E-state index in [1.807, 2.05) is 28.5 Å². The fourth-order valence-corrected chi connectivity index (χ4v) is 6.29. The predicted molar refractivity (Wildman–Crippen MR) is 133 cm³/mol. The lowest BCUT2D eigenvalue weighted by atomic mass is 9.88. The maximum Gasteiger partial charge on any atom is 0.258 e. The number of aliphatic hydroxyl groups excluding tert-OH is 1. The molecule has 186 valence electrons. The van der Waals surface area contributed by atoms with Gasteiger partial charge in [-0.15, -0.1) is 0 Å². The van der Waals surface area contributed by atoms with Crippen LogP contribution in [-0.2, 0) is 17.9 Å². The van der Waals surface area contributed by atoms with Crippen LogP contribution in [0.2, 0.25) is 0 Å². The number of aliphatic hydroxyl groups is 1. The van der Waals surface area contributed by atoms with Gasteiger partial charge < -0.3 is 15.0 Å². The molecule has 1 amide bonds. The molecule has 35 heavy (non-hydrogen) atoms. The molecule has 7 heteroatoms. The number of allylic oxidation sites excluding steroid dienone is 2. The van der Waals surface area contributed by atoms with Crippen molar-refractivity contribution in [3.63, 3.8) is 0 Å². The van der Waals surface area contributed by atoms with Crippen LogP contribution in [0.5, 0.6) is 0 Å². The van der Waals surface area contributed by atoms with E-state index in [2.05, 4.69) is 11.4 Å². The molecule has 0 radical (unpaired) electrons. The summed E-state index contributed by atoms with van der Waals surface area (Å²) in [6.07, 6.45) is 7.15. The Bertz CT molecular complexity index is 1190. The van der Waals surface area contributed by atoms with Gasteiger partial charge in [0, 0.05) is 54.9 Å². The number of hydrogen-bond acceptors (Lipinski definition) is 4. The number of nitrogens with one attached hydrogen (secondary N) is 1. The summed E-state index contributed by atoms with van der Waals surface area (Å²) in [6.45, 7) is 3.06. The molecular weight excluding hydrogens is 445 g/mol. The van der Waals surface area contributed by atoms with Gasteiger partial charge in [-0.1, -0.05) is 31.2 Å². The van der Waals surface area contributed by atoms with E-state index in [1.54, 1.807) is 18.2 Å². The molecule has 0 unspecified atom stereocenters. The highest BCUT2D eigenvalue weighted by atomic mass is 19.1. The Kier molecular flexibility index (Phi) is 6.89. The monoisotopic (exact) mass is 479 g/mol. The van der Waals surface area contributed by atoms with Crippen molar-refractivity contribution in [1.82, 2.24) is 14.8 Å². The van der Waals surface area contributed by atoms with Gasteiger partial charge in [0.15, 0.2) is 0 Å². The first-order valence-electron chi connectivity index (χ1n) is 12.9. The number of rotatable bonds is 7. The Morgan fingerprint density at radius 2 is 2.03 bits per heavy atom. The Morgan fingerprint density at radius 1 is 1.20 bits per heavy atom. The van der Waals surface area contributed by atoms with Crippen molar-refractivity contribution in [2.24, 2.45) is 11.8 Å². The largest absolute Gasteiger partial charge is 0.396 e. The highest BCUT2D eigenvalue weighted by Gasteiger charge is 2.55. The molecule has 1 saturated heterocycles. The number of amides is 1. The van der Waals surface area contributed by atoms with E-state index in [-0.39, 0.29) is 48.3 Å². The average molecular weight is 480 g/mol. The number of benzene rings is 1. The molecule has 2 aromatic rings. The lowest BCUT2D eigenvalue weighted by molar-refractivity contribution is -0.128. The van der Waals surface area contributed by atoms with Crippen molar-refractivity contribution in [2.45, 2.75) is 64.2 Å². The van der Waals surface area contributed by atoms with Gasteiger partial charge in [-0.2, -0.15) is 0 Å². The highest BCUT2D eigenvalue weighted by Crippen LogP contribution is 2.50. The molecule has 4 atom stereocenters. The summed E-state index contributed by atoms with van der Waals surface area (Å²) in [6, 6.07) is 9.70. The molecule has 2 N–H and O–H groups in total. The van der Waals surface area contributed by atoms with Crippen molar-refractivity contribution in [1.29, 1.82) is 0 Å². The van der Waals surface area contributed by atoms with E-state index < -0.39 is 6.04 Å². The first kappa shape index (κ1) is 23.9. The highest BCUT2D eigenvalue weighted by molar-refractivity contribution is 5.82. The molecule has 0 saturated carbocycles. The first-order chi connectivity index (χ1) is 17.0. The number of hydrogen-bond donors (Lipinski definition) is 2. The lowest BCUT2D eigenvalue weighted by Crippen LogP contribution is -2.48. The summed E-state index contributed by atoms with van der Waals surface area (Å²) in [5, 5.41) is 13.4. The van der Waals surface area contributed by atoms with Crippen LogP contribution in [0.25, 0.3) is 5.57 Å². The van der Waals surface area contributed by atoms with Gasteiger partial charge in [0.1, 0.15) is 5.82 Å². The molecule has 3 aliphatic rings. The summed E-state index contributed by atoms with van der Waals surface area (Å²) < 4.78 is 16.5. The molecule has 0 bridgehead atoms. The molecule has 0 spiro atoms. The van der Waals surface area contributed by atoms with Gasteiger partial charge >= 0.3 is 0 Å². The molecule has 6 nitrogen and oxygen atoms in total. The zero-order chi connectivity index (χ0) is 24.5. The Morgan fingerprint density at radius 3 is 2.74 bits per heavy atom. The molecular formula is C28H34FN3O3.